The second-order valence-corrected chi connectivity index (χ2v) is 8.26. The second kappa shape index (κ2) is 10.4. The Bertz CT molecular complexity index is 1590. The van der Waals surface area contributed by atoms with E-state index in [4.69, 9.17) is 9.47 Å². The molecule has 0 fully saturated rings. The van der Waals surface area contributed by atoms with Crippen molar-refractivity contribution >= 4 is 11.8 Å². The molecule has 1 amide bonds. The maximum atomic E-state index is 14.0. The predicted octanol–water partition coefficient (Wildman–Crippen LogP) is 5.07. The van der Waals surface area contributed by atoms with Crippen molar-refractivity contribution in [1.82, 2.24) is 14.5 Å². The Labute approximate surface area is 220 Å². The van der Waals surface area contributed by atoms with Crippen molar-refractivity contribution in [1.29, 1.82) is 0 Å². The fourth-order valence-electron chi connectivity index (χ4n) is 3.48. The number of ether oxygens (including phenoxy) is 2. The number of alkyl halides is 6. The van der Waals surface area contributed by atoms with Crippen molar-refractivity contribution in [2.24, 2.45) is 0 Å². The fourth-order valence-corrected chi connectivity index (χ4v) is 3.48. The van der Waals surface area contributed by atoms with Gasteiger partial charge in [0, 0.05) is 31.2 Å². The summed E-state index contributed by atoms with van der Waals surface area (Å²) in [4.78, 5) is 26.5. The van der Waals surface area contributed by atoms with E-state index in [0.29, 0.717) is 14.0 Å². The number of anilines is 1. The zero-order valence-corrected chi connectivity index (χ0v) is 20.4. The monoisotopic (exact) mass is 570 g/mol. The van der Waals surface area contributed by atoms with E-state index in [1.807, 2.05) is 0 Å². The third-order valence-corrected chi connectivity index (χ3v) is 5.47. The van der Waals surface area contributed by atoms with Crippen molar-refractivity contribution in [3.8, 4) is 23.4 Å². The Kier molecular flexibility index (Phi) is 7.29. The Morgan fingerprint density at radius 2 is 1.75 bits per heavy atom. The van der Waals surface area contributed by atoms with Gasteiger partial charge in [-0.25, -0.2) is 18.5 Å². The van der Waals surface area contributed by atoms with E-state index in [9.17, 15) is 40.3 Å². The third kappa shape index (κ3) is 5.90. The van der Waals surface area contributed by atoms with E-state index in [1.165, 1.54) is 6.20 Å². The highest BCUT2D eigenvalue weighted by Gasteiger charge is 2.42. The predicted molar refractivity (Wildman–Crippen MR) is 126 cm³/mol. The summed E-state index contributed by atoms with van der Waals surface area (Å²) in [5.74, 6) is 0.583. The molecule has 15 heteroatoms. The largest absolute Gasteiger partial charge is 0.461 e. The van der Waals surface area contributed by atoms with Crippen LogP contribution in [0.2, 0.25) is 0 Å². The third-order valence-electron chi connectivity index (χ3n) is 5.47. The Balaban J connectivity index is 1.85. The number of allylic oxidation sites excluding steroid dienone is 1. The summed E-state index contributed by atoms with van der Waals surface area (Å²) >= 11 is 0. The van der Waals surface area contributed by atoms with Gasteiger partial charge < -0.3 is 14.8 Å². The summed E-state index contributed by atoms with van der Waals surface area (Å²) in [5, 5.41) is 2.78. The summed E-state index contributed by atoms with van der Waals surface area (Å²) in [6.45, 7) is 1.66. The van der Waals surface area contributed by atoms with Crippen LogP contribution in [0.1, 0.15) is 18.1 Å². The van der Waals surface area contributed by atoms with E-state index in [0.717, 1.165) is 43.7 Å². The first-order valence-corrected chi connectivity index (χ1v) is 11.1. The lowest BCUT2D eigenvalue weighted by Gasteiger charge is -2.22. The minimum Gasteiger partial charge on any atom is -0.461 e. The normalized spacial score (nSPS) is 14.9. The van der Waals surface area contributed by atoms with Crippen LogP contribution in [-0.4, -0.2) is 28.5 Å². The highest BCUT2D eigenvalue weighted by atomic mass is 19.4. The van der Waals surface area contributed by atoms with Gasteiger partial charge >= 0.3 is 24.1 Å². The lowest BCUT2D eigenvalue weighted by molar-refractivity contribution is -0.143. The summed E-state index contributed by atoms with van der Waals surface area (Å²) in [5.41, 5.74) is -5.91. The minimum atomic E-state index is -5.44. The summed E-state index contributed by atoms with van der Waals surface area (Å²) in [6, 6.07) is 6.56. The average molecular weight is 570 g/mol. The number of carbonyl (C=O) groups excluding carboxylic acids is 1. The van der Waals surface area contributed by atoms with Gasteiger partial charge in [0.1, 0.15) is 11.4 Å². The molecule has 40 heavy (non-hydrogen) atoms. The van der Waals surface area contributed by atoms with Crippen LogP contribution >= 0.6 is 0 Å². The van der Waals surface area contributed by atoms with E-state index in [1.54, 1.807) is 6.92 Å². The van der Waals surface area contributed by atoms with Gasteiger partial charge in [-0.15, -0.1) is 0 Å². The molecule has 0 radical (unpaired) electrons. The molecule has 0 spiro atoms. The van der Waals surface area contributed by atoms with Crippen molar-refractivity contribution in [3.63, 3.8) is 0 Å². The summed E-state index contributed by atoms with van der Waals surface area (Å²) in [7, 11) is 1.08. The van der Waals surface area contributed by atoms with Gasteiger partial charge in [0.05, 0.1) is 17.5 Å². The molecule has 0 bridgehead atoms. The molecule has 3 aromatic rings. The molecule has 210 valence electrons. The van der Waals surface area contributed by atoms with E-state index in [2.05, 4.69) is 17.3 Å². The highest BCUT2D eigenvalue weighted by molar-refractivity contribution is 5.89. The first-order valence-electron chi connectivity index (χ1n) is 11.1. The van der Waals surface area contributed by atoms with Crippen LogP contribution in [0.3, 0.4) is 0 Å². The molecule has 1 N–H and O–H groups in total. The topological polar surface area (TPSA) is 77.7 Å². The zero-order valence-electron chi connectivity index (χ0n) is 20.4. The Morgan fingerprint density at radius 1 is 1.07 bits per heavy atom. The van der Waals surface area contributed by atoms with Gasteiger partial charge in [0.2, 0.25) is 0 Å². The highest BCUT2D eigenvalue weighted by Crippen LogP contribution is 2.44. The van der Waals surface area contributed by atoms with Gasteiger partial charge in [-0.3, -0.25) is 9.47 Å². The van der Waals surface area contributed by atoms with Crippen LogP contribution in [0.25, 0.3) is 5.69 Å². The molecule has 2 aromatic carbocycles. The molecule has 1 atom stereocenters. The van der Waals surface area contributed by atoms with Crippen molar-refractivity contribution < 1.29 is 45.0 Å². The van der Waals surface area contributed by atoms with Crippen molar-refractivity contribution in [3.05, 3.63) is 88.2 Å². The number of nitrogens with zero attached hydrogens (tertiary/aromatic N) is 3. The van der Waals surface area contributed by atoms with E-state index in [-0.39, 0.29) is 23.6 Å². The molecular weight excluding hydrogens is 553 g/mol. The molecule has 8 nitrogen and oxygen atoms in total. The molecule has 2 heterocycles. The molecule has 1 aromatic heterocycles. The standard InChI is InChI=1S/C25H17F7N4O4/c1-14-33-13-18(39-14)7-8-35-9-10-36(22(35)37)20-12-15(24(27,28)29)11-19(25(30,31)32)21(20)40-23(38)34(2)17-5-3-16(26)4-6-17/h3-6,9-14,33H,1-2H3. The Hall–Kier alpha value is -4.87. The first kappa shape index (κ1) is 28.1. The molecule has 1 aliphatic heterocycles. The second-order valence-electron chi connectivity index (χ2n) is 8.26. The molecule has 0 aliphatic carbocycles. The molecule has 4 rings (SSSR count). The van der Waals surface area contributed by atoms with Crippen LogP contribution < -0.4 is 20.6 Å². The number of hydrogen-bond acceptors (Lipinski definition) is 5. The number of hydrogen-bond donors (Lipinski definition) is 1. The number of rotatable bonds is 3. The lowest BCUT2D eigenvalue weighted by atomic mass is 10.1. The van der Waals surface area contributed by atoms with Crippen molar-refractivity contribution in [2.45, 2.75) is 25.5 Å². The van der Waals surface area contributed by atoms with Gasteiger partial charge in [0.15, 0.2) is 17.7 Å². The van der Waals surface area contributed by atoms with Crippen molar-refractivity contribution in [2.75, 3.05) is 11.9 Å². The van der Waals surface area contributed by atoms with Gasteiger partial charge in [-0.2, -0.15) is 26.3 Å². The quantitative estimate of drug-likeness (QED) is 0.352. The lowest BCUT2D eigenvalue weighted by Crippen LogP contribution is -2.31. The number of amides is 1. The SMILES string of the molecule is CC1NC=C(C#Cn2ccn(-c3cc(C(F)(F)F)cc(C(F)(F)F)c3OC(=O)N(C)c3ccc(F)cc3)c2=O)O1. The number of aromatic nitrogens is 2. The van der Waals surface area contributed by atoms with Gasteiger partial charge in [-0.05, 0) is 49.2 Å². The fraction of sp³-hybridized carbons (Fsp3) is 0.200. The molecule has 0 saturated heterocycles. The van der Waals surface area contributed by atoms with Crippen LogP contribution in [-0.2, 0) is 17.1 Å². The van der Waals surface area contributed by atoms with Gasteiger partial charge in [0.25, 0.3) is 0 Å². The number of imidazole rings is 1. The number of halogens is 7. The molecule has 0 saturated carbocycles. The van der Waals surface area contributed by atoms with E-state index >= 15 is 0 Å². The molecular formula is C25H17F7N4O4. The smallest absolute Gasteiger partial charge is 0.420 e. The van der Waals surface area contributed by atoms with Crippen LogP contribution in [0.4, 0.5) is 41.2 Å². The maximum absolute atomic E-state index is 14.0. The molecule has 1 aliphatic rings. The van der Waals surface area contributed by atoms with Crippen LogP contribution in [0.5, 0.6) is 5.75 Å². The minimum absolute atomic E-state index is 0.000686. The maximum Gasteiger partial charge on any atom is 0.420 e. The Morgan fingerprint density at radius 3 is 2.33 bits per heavy atom. The summed E-state index contributed by atoms with van der Waals surface area (Å²) < 4.78 is 107. The average Bonchev–Trinajstić information content (AvgIpc) is 3.46. The van der Waals surface area contributed by atoms with Crippen LogP contribution in [0, 0.1) is 17.8 Å². The number of benzene rings is 2. The first-order chi connectivity index (χ1) is 18.6. The number of carbonyl (C=O) groups is 1. The zero-order chi connectivity index (χ0) is 29.4. The molecule has 1 unspecified atom stereocenters. The van der Waals surface area contributed by atoms with Gasteiger partial charge in [-0.1, -0.05) is 0 Å². The van der Waals surface area contributed by atoms with Crippen LogP contribution in [0.15, 0.2) is 65.5 Å². The van der Waals surface area contributed by atoms with E-state index < -0.39 is 58.7 Å². The number of nitrogens with one attached hydrogen (secondary N) is 1. The summed E-state index contributed by atoms with van der Waals surface area (Å²) in [6.07, 6.45) is -9.31.